The molecule has 1 fully saturated rings. The molecule has 0 amide bonds. The van der Waals surface area contributed by atoms with Gasteiger partial charge in [-0.1, -0.05) is 66.7 Å². The molecule has 1 saturated heterocycles. The highest BCUT2D eigenvalue weighted by atomic mass is 16.5. The highest BCUT2D eigenvalue weighted by molar-refractivity contribution is 5.44. The molecule has 4 heteroatoms. The van der Waals surface area contributed by atoms with E-state index in [1.165, 1.54) is 5.56 Å². The molecular formula is C24H26N2O2. The predicted octanol–water partition coefficient (Wildman–Crippen LogP) is 4.08. The van der Waals surface area contributed by atoms with Gasteiger partial charge >= 0.3 is 0 Å². The Hall–Kier alpha value is -2.82. The van der Waals surface area contributed by atoms with E-state index in [2.05, 4.69) is 47.0 Å². The van der Waals surface area contributed by atoms with Crippen LogP contribution in [0, 0.1) is 0 Å². The van der Waals surface area contributed by atoms with Crippen molar-refractivity contribution in [1.82, 2.24) is 10.6 Å². The maximum atomic E-state index is 6.17. The minimum Gasteiger partial charge on any atom is -0.485 e. The summed E-state index contributed by atoms with van der Waals surface area (Å²) in [5, 5.41) is 6.99. The minimum absolute atomic E-state index is 0.288. The lowest BCUT2D eigenvalue weighted by Crippen LogP contribution is -2.42. The molecule has 2 N–H and O–H groups in total. The lowest BCUT2D eigenvalue weighted by molar-refractivity contribution is 0.255. The van der Waals surface area contributed by atoms with Gasteiger partial charge in [0.05, 0.1) is 0 Å². The lowest BCUT2D eigenvalue weighted by Gasteiger charge is -2.25. The van der Waals surface area contributed by atoms with Crippen LogP contribution in [0.3, 0.4) is 0 Å². The van der Waals surface area contributed by atoms with Crippen molar-refractivity contribution in [1.29, 1.82) is 0 Å². The Labute approximate surface area is 166 Å². The van der Waals surface area contributed by atoms with Gasteiger partial charge in [-0.2, -0.15) is 0 Å². The van der Waals surface area contributed by atoms with Gasteiger partial charge < -0.3 is 20.1 Å². The Kier molecular flexibility index (Phi) is 6.22. The number of nitrogens with one attached hydrogen (secondary N) is 2. The van der Waals surface area contributed by atoms with Gasteiger partial charge in [0, 0.05) is 25.7 Å². The second kappa shape index (κ2) is 9.40. The van der Waals surface area contributed by atoms with Crippen LogP contribution in [0.2, 0.25) is 0 Å². The molecule has 3 aromatic carbocycles. The topological polar surface area (TPSA) is 42.5 Å². The standard InChI is InChI=1S/C24H26N2O2/c1-3-7-19(8-4-1)17-27-23-12-11-21(22-16-25-13-14-26-22)15-24(23)28-18-20-9-5-2-6-10-20/h1-12,15,22,25-26H,13-14,16-18H2. The maximum absolute atomic E-state index is 6.17. The normalized spacial score (nSPS) is 16.5. The van der Waals surface area contributed by atoms with E-state index in [1.807, 2.05) is 42.5 Å². The molecule has 1 atom stereocenters. The summed E-state index contributed by atoms with van der Waals surface area (Å²) in [6.45, 7) is 3.93. The van der Waals surface area contributed by atoms with Gasteiger partial charge in [-0.15, -0.1) is 0 Å². The van der Waals surface area contributed by atoms with E-state index in [4.69, 9.17) is 9.47 Å². The van der Waals surface area contributed by atoms with Crippen molar-refractivity contribution < 1.29 is 9.47 Å². The molecular weight excluding hydrogens is 348 g/mol. The molecule has 1 unspecified atom stereocenters. The number of piperazine rings is 1. The van der Waals surface area contributed by atoms with Gasteiger partial charge in [-0.05, 0) is 28.8 Å². The van der Waals surface area contributed by atoms with Crippen molar-refractivity contribution in [3.05, 3.63) is 95.6 Å². The molecule has 4 nitrogen and oxygen atoms in total. The Morgan fingerprint density at radius 3 is 1.96 bits per heavy atom. The van der Waals surface area contributed by atoms with Gasteiger partial charge in [0.25, 0.3) is 0 Å². The van der Waals surface area contributed by atoms with Crippen molar-refractivity contribution in [3.8, 4) is 11.5 Å². The van der Waals surface area contributed by atoms with Crippen molar-refractivity contribution in [3.63, 3.8) is 0 Å². The molecule has 0 spiro atoms. The van der Waals surface area contributed by atoms with Gasteiger partial charge in [-0.3, -0.25) is 0 Å². The Balaban J connectivity index is 1.52. The zero-order valence-corrected chi connectivity index (χ0v) is 15.9. The maximum Gasteiger partial charge on any atom is 0.162 e. The molecule has 28 heavy (non-hydrogen) atoms. The van der Waals surface area contributed by atoms with Crippen LogP contribution in [0.15, 0.2) is 78.9 Å². The second-order valence-electron chi connectivity index (χ2n) is 6.97. The van der Waals surface area contributed by atoms with Crippen molar-refractivity contribution in [2.75, 3.05) is 19.6 Å². The van der Waals surface area contributed by atoms with Crippen LogP contribution in [-0.2, 0) is 13.2 Å². The molecule has 144 valence electrons. The van der Waals surface area contributed by atoms with Crippen molar-refractivity contribution >= 4 is 0 Å². The third kappa shape index (κ3) is 4.91. The largest absolute Gasteiger partial charge is 0.485 e. The van der Waals surface area contributed by atoms with E-state index in [0.29, 0.717) is 13.2 Å². The number of hydrogen-bond donors (Lipinski definition) is 2. The first-order valence-corrected chi connectivity index (χ1v) is 9.80. The summed E-state index contributed by atoms with van der Waals surface area (Å²) in [6, 6.07) is 26.9. The number of benzene rings is 3. The van der Waals surface area contributed by atoms with Crippen LogP contribution < -0.4 is 20.1 Å². The van der Waals surface area contributed by atoms with Crippen molar-refractivity contribution in [2.24, 2.45) is 0 Å². The average molecular weight is 374 g/mol. The van der Waals surface area contributed by atoms with Crippen LogP contribution in [0.1, 0.15) is 22.7 Å². The first-order valence-electron chi connectivity index (χ1n) is 9.80. The van der Waals surface area contributed by atoms with E-state index in [0.717, 1.165) is 42.3 Å². The third-order valence-electron chi connectivity index (χ3n) is 4.89. The van der Waals surface area contributed by atoms with E-state index < -0.39 is 0 Å². The van der Waals surface area contributed by atoms with Crippen LogP contribution in [0.25, 0.3) is 0 Å². The summed E-state index contributed by atoms with van der Waals surface area (Å²) < 4.78 is 12.3. The molecule has 0 aliphatic carbocycles. The van der Waals surface area contributed by atoms with Gasteiger partial charge in [-0.25, -0.2) is 0 Å². The fourth-order valence-corrected chi connectivity index (χ4v) is 3.33. The van der Waals surface area contributed by atoms with Gasteiger partial charge in [0.15, 0.2) is 11.5 Å². The minimum atomic E-state index is 0.288. The average Bonchev–Trinajstić information content (AvgIpc) is 2.78. The van der Waals surface area contributed by atoms with E-state index in [1.54, 1.807) is 0 Å². The molecule has 1 aliphatic heterocycles. The van der Waals surface area contributed by atoms with Gasteiger partial charge in [0.1, 0.15) is 13.2 Å². The third-order valence-corrected chi connectivity index (χ3v) is 4.89. The zero-order chi connectivity index (χ0) is 19.0. The molecule has 0 bridgehead atoms. The van der Waals surface area contributed by atoms with Crippen molar-refractivity contribution in [2.45, 2.75) is 19.3 Å². The first kappa shape index (κ1) is 18.5. The van der Waals surface area contributed by atoms with E-state index >= 15 is 0 Å². The summed E-state index contributed by atoms with van der Waals surface area (Å²) in [5.74, 6) is 1.55. The zero-order valence-electron chi connectivity index (χ0n) is 15.9. The first-order chi connectivity index (χ1) is 13.9. The quantitative estimate of drug-likeness (QED) is 0.654. The lowest BCUT2D eigenvalue weighted by atomic mass is 10.0. The van der Waals surface area contributed by atoms with Crippen LogP contribution in [-0.4, -0.2) is 19.6 Å². The van der Waals surface area contributed by atoms with E-state index in [9.17, 15) is 0 Å². The summed E-state index contributed by atoms with van der Waals surface area (Å²) in [7, 11) is 0. The molecule has 0 radical (unpaired) electrons. The molecule has 0 aromatic heterocycles. The Morgan fingerprint density at radius 2 is 1.36 bits per heavy atom. The Bertz CT molecular complexity index is 862. The summed E-state index contributed by atoms with van der Waals surface area (Å²) >= 11 is 0. The number of rotatable bonds is 7. The molecule has 3 aromatic rings. The number of hydrogen-bond acceptors (Lipinski definition) is 4. The molecule has 1 aliphatic rings. The second-order valence-corrected chi connectivity index (χ2v) is 6.97. The molecule has 4 rings (SSSR count). The SMILES string of the molecule is c1ccc(COc2ccc(C3CNCCN3)cc2OCc2ccccc2)cc1. The van der Waals surface area contributed by atoms with Crippen LogP contribution in [0.4, 0.5) is 0 Å². The molecule has 0 saturated carbocycles. The highest BCUT2D eigenvalue weighted by Gasteiger charge is 2.17. The monoisotopic (exact) mass is 374 g/mol. The molecule has 1 heterocycles. The van der Waals surface area contributed by atoms with Crippen LogP contribution >= 0.6 is 0 Å². The fourth-order valence-electron chi connectivity index (χ4n) is 3.33. The summed E-state index contributed by atoms with van der Waals surface area (Å²) in [4.78, 5) is 0. The highest BCUT2D eigenvalue weighted by Crippen LogP contribution is 2.32. The fraction of sp³-hybridized carbons (Fsp3) is 0.250. The smallest absolute Gasteiger partial charge is 0.162 e. The van der Waals surface area contributed by atoms with E-state index in [-0.39, 0.29) is 6.04 Å². The predicted molar refractivity (Wildman–Crippen MR) is 112 cm³/mol. The number of ether oxygens (including phenoxy) is 2. The van der Waals surface area contributed by atoms with Crippen LogP contribution in [0.5, 0.6) is 11.5 Å². The summed E-state index contributed by atoms with van der Waals surface area (Å²) in [6.07, 6.45) is 0. The summed E-state index contributed by atoms with van der Waals surface area (Å²) in [5.41, 5.74) is 3.49. The van der Waals surface area contributed by atoms with Gasteiger partial charge in [0.2, 0.25) is 0 Å². The Morgan fingerprint density at radius 1 is 0.714 bits per heavy atom.